The van der Waals surface area contributed by atoms with Crippen molar-refractivity contribution < 1.29 is 61.3 Å². The van der Waals surface area contributed by atoms with Crippen molar-refractivity contribution in [1.29, 1.82) is 0 Å². The number of hydrogen-bond donors (Lipinski definition) is 0. The van der Waals surface area contributed by atoms with E-state index in [1.54, 1.807) is 5.57 Å². The Kier molecular flexibility index (Phi) is 6.33. The summed E-state index contributed by atoms with van der Waals surface area (Å²) in [6, 6.07) is 0. The summed E-state index contributed by atoms with van der Waals surface area (Å²) in [4.78, 5) is 11.8. The Morgan fingerprint density at radius 3 is 2.57 bits per heavy atom. The molecule has 0 aromatic heterocycles. The van der Waals surface area contributed by atoms with Gasteiger partial charge in [-0.1, -0.05) is 45.8 Å². The van der Waals surface area contributed by atoms with Crippen LogP contribution in [0.15, 0.2) is 11.6 Å². The molecule has 0 heterocycles. The van der Waals surface area contributed by atoms with Crippen molar-refractivity contribution in [1.82, 2.24) is 0 Å². The van der Waals surface area contributed by atoms with Crippen LogP contribution in [0.5, 0.6) is 0 Å². The normalized spacial score (nSPS) is 43.0. The zero-order valence-electron chi connectivity index (χ0n) is 15.7. The van der Waals surface area contributed by atoms with Crippen LogP contribution in [-0.4, -0.2) is 5.97 Å². The average molecular weight is 343 g/mol. The van der Waals surface area contributed by atoms with Gasteiger partial charge in [-0.15, -0.1) is 0 Å². The zero-order valence-corrected chi connectivity index (χ0v) is 18.8. The second-order valence-corrected chi connectivity index (χ2v) is 8.97. The molecule has 0 amide bonds. The molecule has 0 spiro atoms. The van der Waals surface area contributed by atoms with Crippen LogP contribution in [0.3, 0.4) is 0 Å². The molecular weight excluding hydrogens is 311 g/mol. The summed E-state index contributed by atoms with van der Waals surface area (Å²) in [7, 11) is 0. The maximum absolute atomic E-state index is 11.8. The van der Waals surface area contributed by atoms with Crippen molar-refractivity contribution in [2.24, 2.45) is 34.5 Å². The largest absolute Gasteiger partial charge is 1.00 e. The van der Waals surface area contributed by atoms with E-state index in [4.69, 9.17) is 0 Å². The number of carbonyl (C=O) groups is 1. The van der Waals surface area contributed by atoms with Gasteiger partial charge in [0.15, 0.2) is 0 Å². The molecule has 0 bridgehead atoms. The van der Waals surface area contributed by atoms with Gasteiger partial charge >= 0.3 is 51.4 Å². The van der Waals surface area contributed by atoms with Crippen molar-refractivity contribution >= 4 is 5.97 Å². The first kappa shape index (κ1) is 20.2. The van der Waals surface area contributed by atoms with E-state index in [0.29, 0.717) is 5.92 Å². The Morgan fingerprint density at radius 2 is 1.96 bits per heavy atom. The third kappa shape index (κ3) is 3.30. The summed E-state index contributed by atoms with van der Waals surface area (Å²) in [6.45, 7) is 9.01. The number of carboxylic acid groups (broad SMARTS) is 1. The summed E-state index contributed by atoms with van der Waals surface area (Å²) in [5.74, 6) is 1.62. The minimum absolute atomic E-state index is 0. The molecule has 3 aliphatic rings. The number of allylic oxidation sites excluding steroid dienone is 2. The predicted molar refractivity (Wildman–Crippen MR) is 86.9 cm³/mol. The fraction of sp³-hybridized carbons (Fsp3) is 0.850. The maximum atomic E-state index is 11.8. The summed E-state index contributed by atoms with van der Waals surface area (Å²) in [5, 5.41) is 11.8. The smallest absolute Gasteiger partial charge is 0.550 e. The maximum Gasteiger partial charge on any atom is 1.00 e. The minimum atomic E-state index is -0.823. The van der Waals surface area contributed by atoms with E-state index in [-0.39, 0.29) is 62.7 Å². The molecule has 3 rings (SSSR count). The molecule has 0 N–H and O–H groups in total. The van der Waals surface area contributed by atoms with Crippen molar-refractivity contribution in [3.63, 3.8) is 0 Å². The molecule has 2 unspecified atom stereocenters. The molecule has 3 heteroatoms. The van der Waals surface area contributed by atoms with Gasteiger partial charge in [0.25, 0.3) is 0 Å². The van der Waals surface area contributed by atoms with Gasteiger partial charge in [-0.25, -0.2) is 0 Å². The van der Waals surface area contributed by atoms with Gasteiger partial charge in [-0.3, -0.25) is 0 Å². The SMILES string of the molecule is CC(C)C1CC[C@H]2C(=CCC3[C@](C)(C(=O)[O-])CCC[C@@]32C)C1.[K+]. The van der Waals surface area contributed by atoms with Crippen LogP contribution in [0, 0.1) is 34.5 Å². The fourth-order valence-electron chi connectivity index (χ4n) is 6.03. The average Bonchev–Trinajstić information content (AvgIpc) is 2.46. The first-order valence-corrected chi connectivity index (χ1v) is 9.19. The quantitative estimate of drug-likeness (QED) is 0.554. The van der Waals surface area contributed by atoms with Crippen LogP contribution in [0.4, 0.5) is 0 Å². The van der Waals surface area contributed by atoms with Gasteiger partial charge in [0.05, 0.1) is 0 Å². The Hall–Kier alpha value is 0.846. The Labute approximate surface area is 184 Å². The molecule has 124 valence electrons. The van der Waals surface area contributed by atoms with Gasteiger partial charge in [0.2, 0.25) is 0 Å². The van der Waals surface area contributed by atoms with Crippen molar-refractivity contribution in [2.75, 3.05) is 0 Å². The van der Waals surface area contributed by atoms with E-state index in [0.717, 1.165) is 31.1 Å². The number of carboxylic acids is 1. The molecule has 0 aromatic carbocycles. The Morgan fingerprint density at radius 1 is 1.26 bits per heavy atom. The molecule has 2 saturated carbocycles. The molecular formula is C20H31KO2. The molecule has 0 aliphatic heterocycles. The number of hydrogen-bond acceptors (Lipinski definition) is 2. The van der Waals surface area contributed by atoms with Crippen LogP contribution >= 0.6 is 0 Å². The van der Waals surface area contributed by atoms with Gasteiger partial charge < -0.3 is 9.90 Å². The van der Waals surface area contributed by atoms with Crippen LogP contribution in [0.2, 0.25) is 0 Å². The molecule has 0 saturated heterocycles. The Bertz CT molecular complexity index is 498. The standard InChI is InChI=1S/C20H32O2.K/c1-13(2)14-6-8-16-15(12-14)7-9-17-19(16,3)10-5-11-20(17,4)18(21)22;/h7,13-14,16-17H,5-6,8-12H2,1-4H3,(H,21,22);/q;+1/p-1/t14?,16-,17?,19+,20+;/m0./s1. The minimum Gasteiger partial charge on any atom is -0.550 e. The first-order valence-electron chi connectivity index (χ1n) is 9.19. The van der Waals surface area contributed by atoms with Crippen LogP contribution in [0.1, 0.15) is 72.6 Å². The second-order valence-electron chi connectivity index (χ2n) is 8.97. The molecule has 0 aromatic rings. The zero-order chi connectivity index (χ0) is 16.1. The number of rotatable bonds is 2. The van der Waals surface area contributed by atoms with Crippen LogP contribution in [0.25, 0.3) is 0 Å². The van der Waals surface area contributed by atoms with E-state index < -0.39 is 11.4 Å². The summed E-state index contributed by atoms with van der Waals surface area (Å²) in [5.41, 5.74) is 1.18. The summed E-state index contributed by atoms with van der Waals surface area (Å²) >= 11 is 0. The fourth-order valence-corrected chi connectivity index (χ4v) is 6.03. The predicted octanol–water partition coefficient (Wildman–Crippen LogP) is 0.955. The third-order valence-electron chi connectivity index (χ3n) is 7.57. The van der Waals surface area contributed by atoms with Gasteiger partial charge in [-0.2, -0.15) is 0 Å². The third-order valence-corrected chi connectivity index (χ3v) is 7.57. The molecule has 2 fully saturated rings. The van der Waals surface area contributed by atoms with Crippen molar-refractivity contribution in [3.05, 3.63) is 11.6 Å². The molecule has 5 atom stereocenters. The van der Waals surface area contributed by atoms with E-state index in [1.165, 1.54) is 25.7 Å². The Balaban J connectivity index is 0.00000192. The monoisotopic (exact) mass is 342 g/mol. The molecule has 2 nitrogen and oxygen atoms in total. The van der Waals surface area contributed by atoms with Gasteiger partial charge in [-0.05, 0) is 67.6 Å². The van der Waals surface area contributed by atoms with E-state index in [1.807, 2.05) is 6.92 Å². The number of fused-ring (bicyclic) bond motifs is 3. The molecule has 3 aliphatic carbocycles. The van der Waals surface area contributed by atoms with Gasteiger partial charge in [0.1, 0.15) is 0 Å². The van der Waals surface area contributed by atoms with Gasteiger partial charge in [0, 0.05) is 11.4 Å². The van der Waals surface area contributed by atoms with E-state index in [9.17, 15) is 9.90 Å². The van der Waals surface area contributed by atoms with Crippen LogP contribution < -0.4 is 56.5 Å². The molecule has 23 heavy (non-hydrogen) atoms. The second kappa shape index (κ2) is 7.23. The number of aliphatic carboxylic acids is 1. The number of carbonyl (C=O) groups excluding carboxylic acids is 1. The van der Waals surface area contributed by atoms with Crippen molar-refractivity contribution in [3.8, 4) is 0 Å². The van der Waals surface area contributed by atoms with E-state index in [2.05, 4.69) is 26.8 Å². The van der Waals surface area contributed by atoms with Crippen molar-refractivity contribution in [2.45, 2.75) is 72.6 Å². The first-order chi connectivity index (χ1) is 10.3. The van der Waals surface area contributed by atoms with E-state index >= 15 is 0 Å². The summed E-state index contributed by atoms with van der Waals surface area (Å²) < 4.78 is 0. The summed E-state index contributed by atoms with van der Waals surface area (Å²) in [6.07, 6.45) is 10.2. The topological polar surface area (TPSA) is 40.1 Å². The van der Waals surface area contributed by atoms with Crippen LogP contribution in [-0.2, 0) is 4.79 Å². The molecule has 0 radical (unpaired) electrons.